The van der Waals surface area contributed by atoms with Crippen LogP contribution < -0.4 is 5.32 Å². The number of aryl methyl sites for hydroxylation is 3. The molecular weight excluding hydrogens is 248 g/mol. The summed E-state index contributed by atoms with van der Waals surface area (Å²) in [7, 11) is 0. The minimum Gasteiger partial charge on any atom is -0.444 e. The summed E-state index contributed by atoms with van der Waals surface area (Å²) in [4.78, 5) is 4.32. The number of hydrogen-bond acceptors (Lipinski definition) is 3. The smallest absolute Gasteiger partial charge is 0.208 e. The van der Waals surface area contributed by atoms with E-state index in [0.717, 1.165) is 31.0 Å². The van der Waals surface area contributed by atoms with Crippen LogP contribution in [0.25, 0.3) is 0 Å². The van der Waals surface area contributed by atoms with Gasteiger partial charge >= 0.3 is 0 Å². The summed E-state index contributed by atoms with van der Waals surface area (Å²) >= 11 is 0. The lowest BCUT2D eigenvalue weighted by atomic mass is 10.0. The van der Waals surface area contributed by atoms with Crippen LogP contribution in [-0.2, 0) is 19.4 Å². The van der Waals surface area contributed by atoms with Crippen molar-refractivity contribution < 1.29 is 4.42 Å². The molecule has 0 amide bonds. The summed E-state index contributed by atoms with van der Waals surface area (Å²) in [6.07, 6.45) is 3.76. The van der Waals surface area contributed by atoms with Gasteiger partial charge in [-0.3, -0.25) is 0 Å². The second-order valence-electron chi connectivity index (χ2n) is 5.67. The first kappa shape index (κ1) is 14.8. The topological polar surface area (TPSA) is 38.1 Å². The van der Waals surface area contributed by atoms with Crippen LogP contribution in [0.1, 0.15) is 36.6 Å². The van der Waals surface area contributed by atoms with Gasteiger partial charge in [0.25, 0.3) is 0 Å². The van der Waals surface area contributed by atoms with Gasteiger partial charge in [0, 0.05) is 6.42 Å². The van der Waals surface area contributed by atoms with Crippen LogP contribution in [0.4, 0.5) is 0 Å². The van der Waals surface area contributed by atoms with E-state index >= 15 is 0 Å². The summed E-state index contributed by atoms with van der Waals surface area (Å²) in [5.41, 5.74) is 2.72. The number of nitrogens with one attached hydrogen (secondary N) is 1. The third-order valence-corrected chi connectivity index (χ3v) is 3.33. The molecule has 2 aromatic rings. The minimum atomic E-state index is 0.644. The predicted molar refractivity (Wildman–Crippen MR) is 81.6 cm³/mol. The quantitative estimate of drug-likeness (QED) is 0.838. The predicted octanol–water partition coefficient (Wildman–Crippen LogP) is 3.51. The molecule has 0 aliphatic rings. The highest BCUT2D eigenvalue weighted by Gasteiger charge is 2.05. The maximum absolute atomic E-state index is 5.75. The molecule has 0 spiro atoms. The summed E-state index contributed by atoms with van der Waals surface area (Å²) in [5.74, 6) is 2.39. The van der Waals surface area contributed by atoms with Crippen LogP contribution in [0.5, 0.6) is 0 Å². The molecule has 2 rings (SSSR count). The molecule has 0 saturated carbocycles. The van der Waals surface area contributed by atoms with E-state index in [9.17, 15) is 0 Å². The Morgan fingerprint density at radius 2 is 2.00 bits per heavy atom. The van der Waals surface area contributed by atoms with Crippen LogP contribution in [-0.4, -0.2) is 11.5 Å². The summed E-state index contributed by atoms with van der Waals surface area (Å²) < 4.78 is 5.75. The third-order valence-electron chi connectivity index (χ3n) is 3.33. The first-order valence-corrected chi connectivity index (χ1v) is 7.34. The molecule has 0 aliphatic carbocycles. The lowest BCUT2D eigenvalue weighted by Crippen LogP contribution is -2.19. The summed E-state index contributed by atoms with van der Waals surface area (Å²) in [6.45, 7) is 8.23. The molecule has 1 aromatic heterocycles. The molecule has 20 heavy (non-hydrogen) atoms. The number of aromatic nitrogens is 1. The fourth-order valence-electron chi connectivity index (χ4n) is 2.16. The van der Waals surface area contributed by atoms with Crippen molar-refractivity contribution in [1.29, 1.82) is 0 Å². The molecule has 1 heterocycles. The second kappa shape index (κ2) is 7.25. The molecule has 108 valence electrons. The van der Waals surface area contributed by atoms with Crippen LogP contribution in [0.15, 0.2) is 34.9 Å². The Morgan fingerprint density at radius 1 is 1.20 bits per heavy atom. The van der Waals surface area contributed by atoms with E-state index in [4.69, 9.17) is 4.42 Å². The van der Waals surface area contributed by atoms with Crippen molar-refractivity contribution >= 4 is 0 Å². The SMILES string of the molecule is Cc1ccccc1CCc1cnc(CNCC(C)C)o1. The fraction of sp³-hybridized carbons (Fsp3) is 0.471. The molecule has 0 bridgehead atoms. The Morgan fingerprint density at radius 3 is 2.75 bits per heavy atom. The van der Waals surface area contributed by atoms with Gasteiger partial charge in [0.1, 0.15) is 5.76 Å². The molecule has 0 fully saturated rings. The van der Waals surface area contributed by atoms with Crippen LogP contribution >= 0.6 is 0 Å². The van der Waals surface area contributed by atoms with Gasteiger partial charge in [-0.25, -0.2) is 4.98 Å². The standard InChI is InChI=1S/C17H24N2O/c1-13(2)10-18-12-17-19-11-16(20-17)9-8-15-7-5-4-6-14(15)3/h4-7,11,13,18H,8-10,12H2,1-3H3. The highest BCUT2D eigenvalue weighted by atomic mass is 16.4. The molecule has 3 heteroatoms. The summed E-state index contributed by atoms with van der Waals surface area (Å²) in [5, 5.41) is 3.34. The maximum Gasteiger partial charge on any atom is 0.208 e. The van der Waals surface area contributed by atoms with Crippen molar-refractivity contribution in [3.8, 4) is 0 Å². The number of benzene rings is 1. The van der Waals surface area contributed by atoms with Gasteiger partial charge in [-0.15, -0.1) is 0 Å². The Labute approximate surface area is 121 Å². The fourth-order valence-corrected chi connectivity index (χ4v) is 2.16. The van der Waals surface area contributed by atoms with Crippen molar-refractivity contribution in [3.63, 3.8) is 0 Å². The molecule has 0 aliphatic heterocycles. The Balaban J connectivity index is 1.82. The van der Waals surface area contributed by atoms with Gasteiger partial charge in [0.05, 0.1) is 12.7 Å². The summed E-state index contributed by atoms with van der Waals surface area (Å²) in [6, 6.07) is 8.49. The van der Waals surface area contributed by atoms with Crippen molar-refractivity contribution in [2.24, 2.45) is 5.92 Å². The Kier molecular flexibility index (Phi) is 5.36. The van der Waals surface area contributed by atoms with Gasteiger partial charge in [-0.05, 0) is 36.9 Å². The highest BCUT2D eigenvalue weighted by Crippen LogP contribution is 2.12. The molecule has 0 unspecified atom stereocenters. The van der Waals surface area contributed by atoms with Crippen molar-refractivity contribution in [2.75, 3.05) is 6.54 Å². The minimum absolute atomic E-state index is 0.644. The maximum atomic E-state index is 5.75. The van der Waals surface area contributed by atoms with Crippen molar-refractivity contribution in [2.45, 2.75) is 40.2 Å². The van der Waals surface area contributed by atoms with Gasteiger partial charge in [0.15, 0.2) is 0 Å². The van der Waals surface area contributed by atoms with Crippen LogP contribution in [0, 0.1) is 12.8 Å². The second-order valence-corrected chi connectivity index (χ2v) is 5.67. The van der Waals surface area contributed by atoms with E-state index in [0.29, 0.717) is 12.5 Å². The normalized spacial score (nSPS) is 11.2. The molecule has 1 N–H and O–H groups in total. The largest absolute Gasteiger partial charge is 0.444 e. The lowest BCUT2D eigenvalue weighted by Gasteiger charge is -2.04. The molecule has 0 saturated heterocycles. The first-order chi connectivity index (χ1) is 9.65. The first-order valence-electron chi connectivity index (χ1n) is 7.34. The van der Waals surface area contributed by atoms with Gasteiger partial charge in [-0.1, -0.05) is 38.1 Å². The van der Waals surface area contributed by atoms with Crippen LogP contribution in [0.3, 0.4) is 0 Å². The van der Waals surface area contributed by atoms with Gasteiger partial charge < -0.3 is 9.73 Å². The monoisotopic (exact) mass is 272 g/mol. The van der Waals surface area contributed by atoms with Crippen molar-refractivity contribution in [1.82, 2.24) is 10.3 Å². The molecule has 0 atom stereocenters. The van der Waals surface area contributed by atoms with Crippen LogP contribution in [0.2, 0.25) is 0 Å². The molecule has 3 nitrogen and oxygen atoms in total. The number of hydrogen-bond donors (Lipinski definition) is 1. The number of rotatable bonds is 7. The zero-order valence-electron chi connectivity index (χ0n) is 12.6. The van der Waals surface area contributed by atoms with E-state index < -0.39 is 0 Å². The van der Waals surface area contributed by atoms with E-state index in [2.05, 4.69) is 55.3 Å². The molecule has 0 radical (unpaired) electrons. The van der Waals surface area contributed by atoms with E-state index in [1.807, 2.05) is 6.20 Å². The van der Waals surface area contributed by atoms with Gasteiger partial charge in [0.2, 0.25) is 5.89 Å². The Bertz CT molecular complexity index is 531. The molecular formula is C17H24N2O. The van der Waals surface area contributed by atoms with E-state index in [1.54, 1.807) is 0 Å². The number of oxazole rings is 1. The third kappa shape index (κ3) is 4.49. The number of nitrogens with zero attached hydrogens (tertiary/aromatic N) is 1. The zero-order chi connectivity index (χ0) is 14.4. The Hall–Kier alpha value is -1.61. The van der Waals surface area contributed by atoms with Crippen molar-refractivity contribution in [3.05, 3.63) is 53.2 Å². The lowest BCUT2D eigenvalue weighted by molar-refractivity contribution is 0.425. The van der Waals surface area contributed by atoms with E-state index in [-0.39, 0.29) is 0 Å². The average molecular weight is 272 g/mol. The highest BCUT2D eigenvalue weighted by molar-refractivity contribution is 5.26. The zero-order valence-corrected chi connectivity index (χ0v) is 12.6. The molecule has 1 aromatic carbocycles. The van der Waals surface area contributed by atoms with E-state index in [1.165, 1.54) is 11.1 Å². The van der Waals surface area contributed by atoms with Gasteiger partial charge in [-0.2, -0.15) is 0 Å². The average Bonchev–Trinajstić information content (AvgIpc) is 2.85.